The minimum atomic E-state index is -2.88. The summed E-state index contributed by atoms with van der Waals surface area (Å²) in [4.78, 5) is 26.4. The van der Waals surface area contributed by atoms with Gasteiger partial charge in [0.05, 0.1) is 28.0 Å². The van der Waals surface area contributed by atoms with Crippen LogP contribution in [0.4, 0.5) is 13.2 Å². The Morgan fingerprint density at radius 1 is 1.29 bits per heavy atom. The van der Waals surface area contributed by atoms with Crippen molar-refractivity contribution < 1.29 is 18.0 Å². The van der Waals surface area contributed by atoms with E-state index in [4.69, 9.17) is 0 Å². The van der Waals surface area contributed by atoms with Crippen molar-refractivity contribution in [2.24, 2.45) is 5.92 Å². The molecule has 1 fully saturated rings. The van der Waals surface area contributed by atoms with E-state index in [2.05, 4.69) is 20.1 Å². The summed E-state index contributed by atoms with van der Waals surface area (Å²) in [6.07, 6.45) is -1.37. The molecular formula is C20H17F3N6OS. The first-order valence-electron chi connectivity index (χ1n) is 9.67. The van der Waals surface area contributed by atoms with Crippen LogP contribution in [0.2, 0.25) is 0 Å². The van der Waals surface area contributed by atoms with Crippen LogP contribution in [-0.4, -0.2) is 48.5 Å². The standard InChI is InChI=1S/C20H17F3N6OS/c1-11-4-5-28(18(30)12-2-3-13-15(6-12)31-10-25-13)8-20(11,23)16-7-14(17(21)22)27-19-24-9-26-29(16)19/h2-3,6-7,9-11,17H,4-5,8H2,1H3/t11-,20+/m1/s1. The van der Waals surface area contributed by atoms with Gasteiger partial charge in [0.15, 0.2) is 5.67 Å². The molecule has 0 radical (unpaired) electrons. The number of carbonyl (C=O) groups is 1. The Kier molecular flexibility index (Phi) is 4.65. The molecule has 160 valence electrons. The second-order valence-corrected chi connectivity index (χ2v) is 8.54. The molecule has 1 saturated heterocycles. The number of amides is 1. The molecule has 0 N–H and O–H groups in total. The number of aromatic nitrogens is 5. The monoisotopic (exact) mass is 446 g/mol. The van der Waals surface area contributed by atoms with Crippen LogP contribution >= 0.6 is 11.3 Å². The lowest BCUT2D eigenvalue weighted by atomic mass is 9.81. The van der Waals surface area contributed by atoms with E-state index in [1.807, 2.05) is 0 Å². The maximum atomic E-state index is 16.5. The molecule has 31 heavy (non-hydrogen) atoms. The lowest BCUT2D eigenvalue weighted by molar-refractivity contribution is -0.00576. The van der Waals surface area contributed by atoms with Gasteiger partial charge < -0.3 is 4.90 Å². The largest absolute Gasteiger partial charge is 0.335 e. The summed E-state index contributed by atoms with van der Waals surface area (Å²) in [5.41, 5.74) is 0.177. The molecule has 0 spiro atoms. The Morgan fingerprint density at radius 2 is 2.13 bits per heavy atom. The number of benzene rings is 1. The molecule has 0 aliphatic carbocycles. The first-order chi connectivity index (χ1) is 14.9. The van der Waals surface area contributed by atoms with E-state index in [1.54, 1.807) is 30.6 Å². The molecule has 7 nitrogen and oxygen atoms in total. The van der Waals surface area contributed by atoms with Crippen LogP contribution in [-0.2, 0) is 5.67 Å². The summed E-state index contributed by atoms with van der Waals surface area (Å²) in [5, 5.41) is 3.98. The summed E-state index contributed by atoms with van der Waals surface area (Å²) in [6.45, 7) is 1.78. The lowest BCUT2D eigenvalue weighted by Crippen LogP contribution is -2.51. The number of fused-ring (bicyclic) bond motifs is 2. The normalized spacial score (nSPS) is 22.0. The lowest BCUT2D eigenvalue weighted by Gasteiger charge is -2.42. The van der Waals surface area contributed by atoms with Crippen LogP contribution in [0, 0.1) is 5.92 Å². The number of hydrogen-bond acceptors (Lipinski definition) is 6. The quantitative estimate of drug-likeness (QED) is 0.475. The van der Waals surface area contributed by atoms with Gasteiger partial charge in [0.2, 0.25) is 0 Å². The van der Waals surface area contributed by atoms with Gasteiger partial charge >= 0.3 is 0 Å². The molecule has 2 atom stereocenters. The maximum absolute atomic E-state index is 16.5. The molecule has 1 aliphatic heterocycles. The Hall–Kier alpha value is -3.08. The number of piperidine rings is 1. The molecule has 1 amide bonds. The van der Waals surface area contributed by atoms with Gasteiger partial charge in [0.1, 0.15) is 12.0 Å². The van der Waals surface area contributed by atoms with Crippen molar-refractivity contribution in [1.82, 2.24) is 29.5 Å². The highest BCUT2D eigenvalue weighted by molar-refractivity contribution is 7.16. The first kappa shape index (κ1) is 19.9. The van der Waals surface area contributed by atoms with Crippen LogP contribution in [0.15, 0.2) is 36.1 Å². The van der Waals surface area contributed by atoms with Crippen molar-refractivity contribution in [3.8, 4) is 0 Å². The number of alkyl halides is 3. The van der Waals surface area contributed by atoms with E-state index in [0.29, 0.717) is 18.5 Å². The predicted molar refractivity (Wildman–Crippen MR) is 108 cm³/mol. The molecule has 4 aromatic rings. The second kappa shape index (κ2) is 7.26. The highest BCUT2D eigenvalue weighted by Gasteiger charge is 2.47. The van der Waals surface area contributed by atoms with Crippen molar-refractivity contribution in [3.63, 3.8) is 0 Å². The zero-order valence-corrected chi connectivity index (χ0v) is 17.2. The minimum absolute atomic E-state index is 0.0757. The average Bonchev–Trinajstić information content (AvgIpc) is 3.42. The minimum Gasteiger partial charge on any atom is -0.335 e. The van der Waals surface area contributed by atoms with Gasteiger partial charge in [-0.25, -0.2) is 23.1 Å². The molecular weight excluding hydrogens is 429 g/mol. The summed E-state index contributed by atoms with van der Waals surface area (Å²) in [7, 11) is 0. The molecule has 5 rings (SSSR count). The van der Waals surface area contributed by atoms with Gasteiger partial charge in [-0.15, -0.1) is 11.3 Å². The van der Waals surface area contributed by atoms with Gasteiger partial charge in [-0.1, -0.05) is 6.92 Å². The van der Waals surface area contributed by atoms with E-state index < -0.39 is 23.7 Å². The number of likely N-dealkylation sites (tertiary alicyclic amines) is 1. The molecule has 1 aliphatic rings. The van der Waals surface area contributed by atoms with Crippen LogP contribution in [0.25, 0.3) is 16.0 Å². The van der Waals surface area contributed by atoms with Gasteiger partial charge in [-0.05, 0) is 36.6 Å². The highest BCUT2D eigenvalue weighted by Crippen LogP contribution is 2.41. The fourth-order valence-corrected chi connectivity index (χ4v) is 4.72. The van der Waals surface area contributed by atoms with Crippen molar-refractivity contribution in [1.29, 1.82) is 0 Å². The topological polar surface area (TPSA) is 76.3 Å². The number of rotatable bonds is 3. The number of hydrogen-bond donors (Lipinski definition) is 0. The van der Waals surface area contributed by atoms with E-state index in [9.17, 15) is 13.6 Å². The smallest absolute Gasteiger partial charge is 0.280 e. The fourth-order valence-electron chi connectivity index (χ4n) is 4.01. The SMILES string of the molecule is C[C@@H]1CCN(C(=O)c2ccc3ncsc3c2)C[C@@]1(F)c1cc(C(F)F)nc2ncnn12. The summed E-state index contributed by atoms with van der Waals surface area (Å²) < 4.78 is 45.3. The van der Waals surface area contributed by atoms with E-state index in [-0.39, 0.29) is 23.9 Å². The number of carbonyl (C=O) groups excluding carboxylic acids is 1. The molecule has 4 heterocycles. The van der Waals surface area contributed by atoms with E-state index in [1.165, 1.54) is 16.2 Å². The molecule has 0 unspecified atom stereocenters. The number of nitrogens with zero attached hydrogens (tertiary/aromatic N) is 6. The van der Waals surface area contributed by atoms with Crippen LogP contribution in [0.3, 0.4) is 0 Å². The van der Waals surface area contributed by atoms with E-state index >= 15 is 4.39 Å². The zero-order chi connectivity index (χ0) is 21.8. The van der Waals surface area contributed by atoms with Crippen molar-refractivity contribution >= 4 is 33.2 Å². The van der Waals surface area contributed by atoms with Crippen molar-refractivity contribution in [3.05, 3.63) is 53.1 Å². The Balaban J connectivity index is 1.54. The first-order valence-corrected chi connectivity index (χ1v) is 10.6. The molecule has 3 aromatic heterocycles. The van der Waals surface area contributed by atoms with Crippen LogP contribution in [0.1, 0.15) is 41.5 Å². The second-order valence-electron chi connectivity index (χ2n) is 7.65. The third kappa shape index (κ3) is 3.23. The Morgan fingerprint density at radius 3 is 2.94 bits per heavy atom. The Bertz CT molecular complexity index is 1290. The Labute approximate surface area is 178 Å². The van der Waals surface area contributed by atoms with E-state index in [0.717, 1.165) is 27.1 Å². The third-order valence-electron chi connectivity index (χ3n) is 5.82. The summed E-state index contributed by atoms with van der Waals surface area (Å²) in [5.74, 6) is -0.945. The predicted octanol–water partition coefficient (Wildman–Crippen LogP) is 4.02. The maximum Gasteiger partial charge on any atom is 0.280 e. The zero-order valence-electron chi connectivity index (χ0n) is 16.4. The number of halogens is 3. The highest BCUT2D eigenvalue weighted by atomic mass is 32.1. The average molecular weight is 446 g/mol. The molecule has 11 heteroatoms. The molecule has 0 saturated carbocycles. The van der Waals surface area contributed by atoms with Gasteiger partial charge in [0.25, 0.3) is 18.1 Å². The number of thiazole rings is 1. The van der Waals surface area contributed by atoms with Gasteiger partial charge in [-0.3, -0.25) is 4.79 Å². The van der Waals surface area contributed by atoms with Crippen LogP contribution < -0.4 is 0 Å². The summed E-state index contributed by atoms with van der Waals surface area (Å²) in [6, 6.07) is 6.19. The van der Waals surface area contributed by atoms with Gasteiger partial charge in [-0.2, -0.15) is 14.6 Å². The van der Waals surface area contributed by atoms with Crippen molar-refractivity contribution in [2.75, 3.05) is 13.1 Å². The third-order valence-corrected chi connectivity index (χ3v) is 6.61. The molecule has 0 bridgehead atoms. The fraction of sp³-hybridized carbons (Fsp3) is 0.350. The summed E-state index contributed by atoms with van der Waals surface area (Å²) >= 11 is 1.42. The van der Waals surface area contributed by atoms with Gasteiger partial charge in [0, 0.05) is 12.1 Å². The van der Waals surface area contributed by atoms with Crippen LogP contribution in [0.5, 0.6) is 0 Å². The van der Waals surface area contributed by atoms with Crippen molar-refractivity contribution in [2.45, 2.75) is 25.4 Å². The molecule has 1 aromatic carbocycles.